The molecule has 5 heteroatoms. The first kappa shape index (κ1) is 14.0. The quantitative estimate of drug-likeness (QED) is 0.860. The van der Waals surface area contributed by atoms with Gasteiger partial charge in [0.1, 0.15) is 5.00 Å². The summed E-state index contributed by atoms with van der Waals surface area (Å²) in [5.74, 6) is 2.38. The number of anilines is 2. The summed E-state index contributed by atoms with van der Waals surface area (Å²) in [6.45, 7) is 6.99. The molecule has 0 saturated carbocycles. The molecule has 0 bridgehead atoms. The fraction of sp³-hybridized carbons (Fsp3) is 0.769. The number of nitrogens with zero attached hydrogens (tertiary/aromatic N) is 2. The highest BCUT2D eigenvalue weighted by Gasteiger charge is 2.23. The Morgan fingerprint density at radius 1 is 1.39 bits per heavy atom. The zero-order valence-corrected chi connectivity index (χ0v) is 13.1. The fourth-order valence-corrected chi connectivity index (χ4v) is 4.41. The van der Waals surface area contributed by atoms with Crippen LogP contribution in [0.25, 0.3) is 0 Å². The minimum atomic E-state index is 0.701. The lowest BCUT2D eigenvalue weighted by molar-refractivity contribution is 0.351. The van der Waals surface area contributed by atoms with Crippen molar-refractivity contribution >= 4 is 34.1 Å². The molecule has 0 radical (unpaired) electrons. The Morgan fingerprint density at radius 3 is 2.83 bits per heavy atom. The molecule has 0 amide bonds. The SMILES string of the molecule is CSc1c(N)nsc1N1CCCC(C(C)C)CC1. The monoisotopic (exact) mass is 285 g/mol. The van der Waals surface area contributed by atoms with Gasteiger partial charge in [0.15, 0.2) is 5.82 Å². The predicted molar refractivity (Wildman–Crippen MR) is 82.7 cm³/mol. The molecule has 1 unspecified atom stereocenters. The minimum absolute atomic E-state index is 0.701. The molecule has 1 aromatic rings. The second kappa shape index (κ2) is 6.15. The fourth-order valence-electron chi connectivity index (χ4n) is 2.67. The van der Waals surface area contributed by atoms with E-state index in [1.807, 2.05) is 0 Å². The molecule has 0 spiro atoms. The van der Waals surface area contributed by atoms with Crippen LogP contribution in [0.3, 0.4) is 0 Å². The lowest BCUT2D eigenvalue weighted by Crippen LogP contribution is -2.24. The van der Waals surface area contributed by atoms with Gasteiger partial charge in [0.05, 0.1) is 4.90 Å². The van der Waals surface area contributed by atoms with Crippen molar-refractivity contribution in [3.8, 4) is 0 Å². The first-order valence-corrected chi connectivity index (χ1v) is 8.67. The normalized spacial score (nSPS) is 21.3. The molecular weight excluding hydrogens is 262 g/mol. The van der Waals surface area contributed by atoms with Crippen molar-refractivity contribution in [3.63, 3.8) is 0 Å². The van der Waals surface area contributed by atoms with Crippen LogP contribution < -0.4 is 10.6 Å². The smallest absolute Gasteiger partial charge is 0.153 e. The van der Waals surface area contributed by atoms with Gasteiger partial charge < -0.3 is 10.6 Å². The predicted octanol–water partition coefficient (Wildman–Crippen LogP) is 3.71. The molecule has 2 N–H and O–H groups in total. The molecule has 1 atom stereocenters. The average Bonchev–Trinajstić information content (AvgIpc) is 2.58. The van der Waals surface area contributed by atoms with Crippen molar-refractivity contribution in [3.05, 3.63) is 0 Å². The van der Waals surface area contributed by atoms with Crippen LogP contribution in [0.2, 0.25) is 0 Å². The van der Waals surface area contributed by atoms with Crippen molar-refractivity contribution in [2.24, 2.45) is 11.8 Å². The molecule has 3 nitrogen and oxygen atoms in total. The largest absolute Gasteiger partial charge is 0.382 e. The van der Waals surface area contributed by atoms with E-state index in [0.717, 1.165) is 24.9 Å². The van der Waals surface area contributed by atoms with Gasteiger partial charge in [-0.3, -0.25) is 0 Å². The van der Waals surface area contributed by atoms with Crippen LogP contribution >= 0.6 is 23.3 Å². The number of hydrogen-bond acceptors (Lipinski definition) is 5. The van der Waals surface area contributed by atoms with Crippen LogP contribution in [0.5, 0.6) is 0 Å². The molecule has 1 aliphatic heterocycles. The summed E-state index contributed by atoms with van der Waals surface area (Å²) in [6, 6.07) is 0. The van der Waals surface area contributed by atoms with Gasteiger partial charge in [-0.2, -0.15) is 4.37 Å². The number of rotatable bonds is 3. The van der Waals surface area contributed by atoms with Crippen LogP contribution in [0.4, 0.5) is 10.8 Å². The average molecular weight is 285 g/mol. The third-order valence-corrected chi connectivity index (χ3v) is 5.73. The molecule has 2 heterocycles. The van der Waals surface area contributed by atoms with Gasteiger partial charge in [0.25, 0.3) is 0 Å². The maximum atomic E-state index is 5.92. The van der Waals surface area contributed by atoms with E-state index in [1.165, 1.54) is 29.2 Å². The molecule has 1 fully saturated rings. The van der Waals surface area contributed by atoms with E-state index in [9.17, 15) is 0 Å². The second-order valence-corrected chi connectivity index (χ2v) is 6.90. The number of thioether (sulfide) groups is 1. The van der Waals surface area contributed by atoms with Crippen LogP contribution in [0, 0.1) is 11.8 Å². The van der Waals surface area contributed by atoms with E-state index in [4.69, 9.17) is 5.73 Å². The Morgan fingerprint density at radius 2 is 2.17 bits per heavy atom. The lowest BCUT2D eigenvalue weighted by Gasteiger charge is -2.22. The molecule has 0 aromatic carbocycles. The van der Waals surface area contributed by atoms with E-state index in [0.29, 0.717) is 5.82 Å². The third-order valence-electron chi connectivity index (χ3n) is 3.86. The van der Waals surface area contributed by atoms with Crippen LogP contribution in [0.1, 0.15) is 33.1 Å². The standard InChI is InChI=1S/C13H23N3S2/c1-9(2)10-5-4-7-16(8-6-10)13-11(17-3)12(14)15-18-13/h9-10H,4-8H2,1-3H3,(H2,14,15). The summed E-state index contributed by atoms with van der Waals surface area (Å²) in [5, 5.41) is 1.28. The summed E-state index contributed by atoms with van der Waals surface area (Å²) < 4.78 is 4.30. The van der Waals surface area contributed by atoms with Crippen molar-refractivity contribution in [1.29, 1.82) is 0 Å². The molecule has 18 heavy (non-hydrogen) atoms. The Kier molecular flexibility index (Phi) is 4.78. The number of nitrogens with two attached hydrogens (primary N) is 1. The van der Waals surface area contributed by atoms with Gasteiger partial charge in [-0.25, -0.2) is 0 Å². The zero-order chi connectivity index (χ0) is 13.1. The summed E-state index contributed by atoms with van der Waals surface area (Å²) in [4.78, 5) is 3.66. The highest BCUT2D eigenvalue weighted by molar-refractivity contribution is 7.99. The Hall–Kier alpha value is -0.420. The van der Waals surface area contributed by atoms with E-state index in [2.05, 4.69) is 29.4 Å². The number of nitrogen functional groups attached to an aromatic ring is 1. The summed E-state index contributed by atoms with van der Waals surface area (Å²) >= 11 is 3.27. The van der Waals surface area contributed by atoms with Gasteiger partial charge in [0, 0.05) is 13.1 Å². The van der Waals surface area contributed by atoms with E-state index in [1.54, 1.807) is 23.3 Å². The van der Waals surface area contributed by atoms with Crippen LogP contribution in [-0.4, -0.2) is 23.7 Å². The topological polar surface area (TPSA) is 42.1 Å². The Labute approximate surface area is 118 Å². The highest BCUT2D eigenvalue weighted by atomic mass is 32.2. The highest BCUT2D eigenvalue weighted by Crippen LogP contribution is 2.39. The molecule has 1 aliphatic rings. The zero-order valence-electron chi connectivity index (χ0n) is 11.5. The van der Waals surface area contributed by atoms with E-state index >= 15 is 0 Å². The van der Waals surface area contributed by atoms with Gasteiger partial charge in [-0.15, -0.1) is 11.8 Å². The van der Waals surface area contributed by atoms with Crippen LogP contribution in [0.15, 0.2) is 4.90 Å². The second-order valence-electron chi connectivity index (χ2n) is 5.33. The van der Waals surface area contributed by atoms with E-state index in [-0.39, 0.29) is 0 Å². The van der Waals surface area contributed by atoms with Gasteiger partial charge in [-0.05, 0) is 48.9 Å². The summed E-state index contributed by atoms with van der Waals surface area (Å²) in [7, 11) is 0. The van der Waals surface area contributed by atoms with Gasteiger partial charge >= 0.3 is 0 Å². The van der Waals surface area contributed by atoms with Crippen molar-refractivity contribution in [2.45, 2.75) is 38.0 Å². The number of aromatic nitrogens is 1. The maximum Gasteiger partial charge on any atom is 0.153 e. The van der Waals surface area contributed by atoms with Gasteiger partial charge in [0.2, 0.25) is 0 Å². The first-order valence-electron chi connectivity index (χ1n) is 6.67. The molecule has 102 valence electrons. The molecule has 1 saturated heterocycles. The molecule has 1 aromatic heterocycles. The van der Waals surface area contributed by atoms with Crippen molar-refractivity contribution in [2.75, 3.05) is 30.0 Å². The summed E-state index contributed by atoms with van der Waals surface area (Å²) in [5.41, 5.74) is 5.92. The van der Waals surface area contributed by atoms with Crippen molar-refractivity contribution < 1.29 is 0 Å². The van der Waals surface area contributed by atoms with Crippen molar-refractivity contribution in [1.82, 2.24) is 4.37 Å². The van der Waals surface area contributed by atoms with Crippen LogP contribution in [-0.2, 0) is 0 Å². The minimum Gasteiger partial charge on any atom is -0.382 e. The van der Waals surface area contributed by atoms with Gasteiger partial charge in [-0.1, -0.05) is 13.8 Å². The maximum absolute atomic E-state index is 5.92. The Bertz CT molecular complexity index is 390. The summed E-state index contributed by atoms with van der Waals surface area (Å²) in [6.07, 6.45) is 6.02. The van der Waals surface area contributed by atoms with E-state index < -0.39 is 0 Å². The third kappa shape index (κ3) is 2.94. The number of hydrogen-bond donors (Lipinski definition) is 1. The molecule has 0 aliphatic carbocycles. The lowest BCUT2D eigenvalue weighted by atomic mass is 9.89. The molecular formula is C13H23N3S2. The molecule has 2 rings (SSSR count). The Balaban J connectivity index is 2.09. The first-order chi connectivity index (χ1) is 8.63.